The fraction of sp³-hybridized carbons (Fsp3) is 0.143. The third-order valence-electron chi connectivity index (χ3n) is 2.95. The zero-order valence-corrected chi connectivity index (χ0v) is 12.4. The molecule has 0 saturated carbocycles. The van der Waals surface area contributed by atoms with E-state index in [1.807, 2.05) is 6.07 Å². The van der Waals surface area contributed by atoms with Crippen molar-refractivity contribution in [2.45, 2.75) is 6.18 Å². The van der Waals surface area contributed by atoms with Crippen LogP contribution >= 0.6 is 0 Å². The molecule has 4 N–H and O–H groups in total. The normalized spacial score (nSPS) is 15.7. The second-order valence-electron chi connectivity index (χ2n) is 4.49. The number of nitrogens with one attached hydrogen (secondary N) is 4. The summed E-state index contributed by atoms with van der Waals surface area (Å²) in [7, 11) is 1.32. The molecule has 124 valence electrons. The molecular weight excluding hydrogens is 323 g/mol. The number of nitrogens with zero attached hydrogens (tertiary/aromatic N) is 3. The van der Waals surface area contributed by atoms with Gasteiger partial charge in [0.25, 0.3) is 0 Å². The van der Waals surface area contributed by atoms with Crippen molar-refractivity contribution < 1.29 is 13.2 Å². The number of hydrogen-bond donors (Lipinski definition) is 4. The SMILES string of the molecule is CNc1nc(N/C(C=N)=C2\C=CC(C#N)=CN2)ncc1C(F)(F)F. The van der Waals surface area contributed by atoms with Crippen LogP contribution in [0.3, 0.4) is 0 Å². The number of alkyl halides is 3. The van der Waals surface area contributed by atoms with Crippen LogP contribution in [0.25, 0.3) is 0 Å². The van der Waals surface area contributed by atoms with Crippen LogP contribution in [0, 0.1) is 16.7 Å². The van der Waals surface area contributed by atoms with Gasteiger partial charge in [0.05, 0.1) is 17.0 Å². The summed E-state index contributed by atoms with van der Waals surface area (Å²) in [5, 5.41) is 24.0. The molecule has 7 nitrogen and oxygen atoms in total. The fourth-order valence-corrected chi connectivity index (χ4v) is 1.80. The monoisotopic (exact) mass is 335 g/mol. The van der Waals surface area contributed by atoms with Crippen molar-refractivity contribution in [1.29, 1.82) is 10.7 Å². The quantitative estimate of drug-likeness (QED) is 0.629. The lowest BCUT2D eigenvalue weighted by Gasteiger charge is -2.15. The second-order valence-corrected chi connectivity index (χ2v) is 4.49. The van der Waals surface area contributed by atoms with Crippen molar-refractivity contribution in [3.8, 4) is 6.07 Å². The average molecular weight is 335 g/mol. The standard InChI is InChI=1S/C14H12F3N7/c1-20-12-9(14(15,16)17)7-22-13(24-12)23-11(5-19)10-3-2-8(4-18)6-21-10/h2-3,5-7,19,21H,1H3,(H2,20,22,23,24)/b11-10+,19-5?. The van der Waals surface area contributed by atoms with E-state index in [-0.39, 0.29) is 17.5 Å². The smallest absolute Gasteiger partial charge is 0.372 e. The predicted molar refractivity (Wildman–Crippen MR) is 82.0 cm³/mol. The summed E-state index contributed by atoms with van der Waals surface area (Å²) in [5.74, 6) is -0.489. The van der Waals surface area contributed by atoms with Crippen LogP contribution in [0.1, 0.15) is 5.56 Å². The van der Waals surface area contributed by atoms with Gasteiger partial charge in [-0.2, -0.15) is 23.4 Å². The van der Waals surface area contributed by atoms with Crippen LogP contribution in [-0.4, -0.2) is 23.2 Å². The molecular formula is C14H12F3N7. The molecule has 0 saturated heterocycles. The van der Waals surface area contributed by atoms with E-state index in [1.165, 1.54) is 19.3 Å². The van der Waals surface area contributed by atoms with Gasteiger partial charge in [-0.05, 0) is 12.2 Å². The van der Waals surface area contributed by atoms with Gasteiger partial charge >= 0.3 is 6.18 Å². The summed E-state index contributed by atoms with van der Waals surface area (Å²) < 4.78 is 38.5. The van der Waals surface area contributed by atoms with Gasteiger partial charge in [0.2, 0.25) is 5.95 Å². The van der Waals surface area contributed by atoms with Crippen molar-refractivity contribution >= 4 is 18.0 Å². The summed E-state index contributed by atoms with van der Waals surface area (Å²) in [6.45, 7) is 0. The summed E-state index contributed by atoms with van der Waals surface area (Å²) >= 11 is 0. The van der Waals surface area contributed by atoms with Crippen molar-refractivity contribution in [3.05, 3.63) is 47.1 Å². The number of dihydropyridines is 1. The molecule has 2 heterocycles. The van der Waals surface area contributed by atoms with Gasteiger partial charge in [0.1, 0.15) is 17.5 Å². The maximum Gasteiger partial charge on any atom is 0.421 e. The lowest BCUT2D eigenvalue weighted by molar-refractivity contribution is -0.137. The van der Waals surface area contributed by atoms with Crippen molar-refractivity contribution in [2.75, 3.05) is 17.7 Å². The molecule has 0 aromatic carbocycles. The highest BCUT2D eigenvalue weighted by molar-refractivity contribution is 5.82. The predicted octanol–water partition coefficient (Wildman–Crippen LogP) is 2.38. The second kappa shape index (κ2) is 6.82. The van der Waals surface area contributed by atoms with Crippen LogP contribution in [-0.2, 0) is 6.18 Å². The number of nitriles is 1. The Labute approximate surface area is 135 Å². The van der Waals surface area contributed by atoms with Crippen molar-refractivity contribution in [2.24, 2.45) is 0 Å². The summed E-state index contributed by atoms with van der Waals surface area (Å²) in [6.07, 6.45) is 1.56. The molecule has 2 rings (SSSR count). The lowest BCUT2D eigenvalue weighted by Crippen LogP contribution is -2.17. The molecule has 24 heavy (non-hydrogen) atoms. The molecule has 0 radical (unpaired) electrons. The highest BCUT2D eigenvalue weighted by atomic mass is 19.4. The summed E-state index contributed by atoms with van der Waals surface area (Å²) in [6, 6.07) is 1.94. The minimum absolute atomic E-state index is 0.108. The Morgan fingerprint density at radius 2 is 2.17 bits per heavy atom. The molecule has 0 fully saturated rings. The molecule has 0 atom stereocenters. The molecule has 10 heteroatoms. The summed E-state index contributed by atoms with van der Waals surface area (Å²) in [4.78, 5) is 7.39. The van der Waals surface area contributed by atoms with Crippen LogP contribution in [0.4, 0.5) is 24.9 Å². The Morgan fingerprint density at radius 1 is 1.42 bits per heavy atom. The Hall–Kier alpha value is -3.35. The van der Waals surface area contributed by atoms with Crippen LogP contribution in [0.15, 0.2) is 41.5 Å². The molecule has 1 aliphatic rings. The Balaban J connectivity index is 2.30. The third kappa shape index (κ3) is 3.70. The molecule has 0 amide bonds. The average Bonchev–Trinajstić information content (AvgIpc) is 2.58. The van der Waals surface area contributed by atoms with Crippen LogP contribution < -0.4 is 16.0 Å². The maximum absolute atomic E-state index is 12.8. The van der Waals surface area contributed by atoms with Gasteiger partial charge in [-0.3, -0.25) is 0 Å². The third-order valence-corrected chi connectivity index (χ3v) is 2.95. The minimum Gasteiger partial charge on any atom is -0.372 e. The topological polar surface area (TPSA) is 110 Å². The van der Waals surface area contributed by atoms with Crippen molar-refractivity contribution in [3.63, 3.8) is 0 Å². The molecule has 0 spiro atoms. The number of rotatable bonds is 4. The summed E-state index contributed by atoms with van der Waals surface area (Å²) in [5.41, 5.74) is 0.0722. The van der Waals surface area contributed by atoms with Gasteiger partial charge in [-0.15, -0.1) is 0 Å². The first kappa shape index (κ1) is 17.0. The van der Waals surface area contributed by atoms with E-state index in [0.29, 0.717) is 17.5 Å². The highest BCUT2D eigenvalue weighted by Gasteiger charge is 2.35. The zero-order valence-electron chi connectivity index (χ0n) is 12.4. The van der Waals surface area contributed by atoms with Crippen molar-refractivity contribution in [1.82, 2.24) is 15.3 Å². The maximum atomic E-state index is 12.8. The Kier molecular flexibility index (Phi) is 4.84. The Bertz CT molecular complexity index is 785. The highest BCUT2D eigenvalue weighted by Crippen LogP contribution is 2.33. The number of allylic oxidation sites excluding steroid dienone is 4. The first-order chi connectivity index (χ1) is 11.4. The van der Waals surface area contributed by atoms with Crippen LogP contribution in [0.2, 0.25) is 0 Å². The van der Waals surface area contributed by atoms with Gasteiger partial charge in [0.15, 0.2) is 0 Å². The van der Waals surface area contributed by atoms with E-state index in [1.54, 1.807) is 6.08 Å². The van der Waals surface area contributed by atoms with Crippen LogP contribution in [0.5, 0.6) is 0 Å². The van der Waals surface area contributed by atoms with E-state index in [0.717, 1.165) is 6.21 Å². The first-order valence-electron chi connectivity index (χ1n) is 6.57. The molecule has 1 aromatic rings. The molecule has 1 aromatic heterocycles. The number of hydrogen-bond acceptors (Lipinski definition) is 7. The molecule has 1 aliphatic heterocycles. The number of halogens is 3. The fourth-order valence-electron chi connectivity index (χ4n) is 1.80. The zero-order chi connectivity index (χ0) is 17.7. The van der Waals surface area contributed by atoms with Gasteiger partial charge in [0, 0.05) is 25.7 Å². The van der Waals surface area contributed by atoms with Gasteiger partial charge in [-0.1, -0.05) is 0 Å². The number of aromatic nitrogens is 2. The largest absolute Gasteiger partial charge is 0.421 e. The number of anilines is 2. The van der Waals surface area contributed by atoms with E-state index in [2.05, 4.69) is 25.9 Å². The van der Waals surface area contributed by atoms with E-state index in [9.17, 15) is 13.2 Å². The molecule has 0 unspecified atom stereocenters. The van der Waals surface area contributed by atoms with Gasteiger partial charge < -0.3 is 21.4 Å². The first-order valence-corrected chi connectivity index (χ1v) is 6.57. The van der Waals surface area contributed by atoms with E-state index in [4.69, 9.17) is 10.7 Å². The molecule has 0 bridgehead atoms. The molecule has 0 aliphatic carbocycles. The van der Waals surface area contributed by atoms with Gasteiger partial charge in [-0.25, -0.2) is 4.98 Å². The lowest BCUT2D eigenvalue weighted by atomic mass is 10.2. The Morgan fingerprint density at radius 3 is 2.67 bits per heavy atom. The van der Waals surface area contributed by atoms with E-state index < -0.39 is 11.7 Å². The minimum atomic E-state index is -4.58. The van der Waals surface area contributed by atoms with E-state index >= 15 is 0 Å².